The number of carbonyl (C=O) groups excluding carboxylic acids is 2. The van der Waals surface area contributed by atoms with Gasteiger partial charge >= 0.3 is 0 Å². The van der Waals surface area contributed by atoms with E-state index in [1.807, 2.05) is 6.92 Å². The lowest BCUT2D eigenvalue weighted by Gasteiger charge is -2.08. The van der Waals surface area contributed by atoms with Crippen molar-refractivity contribution >= 4 is 39.8 Å². The number of methoxy groups -OCH3 is 1. The minimum atomic E-state index is -0.279. The first kappa shape index (κ1) is 17.4. The van der Waals surface area contributed by atoms with E-state index in [4.69, 9.17) is 16.3 Å². The summed E-state index contributed by atoms with van der Waals surface area (Å²) in [6.45, 7) is 1.96. The van der Waals surface area contributed by atoms with Crippen molar-refractivity contribution in [3.8, 4) is 5.75 Å². The molecule has 6 nitrogen and oxygen atoms in total. The van der Waals surface area contributed by atoms with Crippen LogP contribution in [0.5, 0.6) is 5.75 Å². The third-order valence-corrected chi connectivity index (χ3v) is 4.27. The Morgan fingerprint density at radius 3 is 2.74 bits per heavy atom. The van der Waals surface area contributed by atoms with E-state index in [2.05, 4.69) is 15.5 Å². The molecule has 0 bridgehead atoms. The number of carbonyl (C=O) groups is 2. The van der Waals surface area contributed by atoms with Crippen LogP contribution in [0.1, 0.15) is 35.1 Å². The molecule has 0 fully saturated rings. The van der Waals surface area contributed by atoms with Crippen molar-refractivity contribution in [1.82, 2.24) is 10.2 Å². The van der Waals surface area contributed by atoms with E-state index >= 15 is 0 Å². The van der Waals surface area contributed by atoms with E-state index in [-0.39, 0.29) is 24.5 Å². The molecule has 23 heavy (non-hydrogen) atoms. The number of aryl methyl sites for hydroxylation is 1. The van der Waals surface area contributed by atoms with Crippen LogP contribution in [0.25, 0.3) is 0 Å². The number of anilines is 1. The number of nitrogens with one attached hydrogen (secondary N) is 1. The highest BCUT2D eigenvalue weighted by Crippen LogP contribution is 2.24. The van der Waals surface area contributed by atoms with Gasteiger partial charge in [-0.05, 0) is 24.6 Å². The number of rotatable bonds is 7. The minimum Gasteiger partial charge on any atom is -0.496 e. The van der Waals surface area contributed by atoms with Gasteiger partial charge in [-0.15, -0.1) is 10.2 Å². The molecule has 0 radical (unpaired) electrons. The Labute approximate surface area is 142 Å². The number of benzene rings is 1. The molecule has 0 aliphatic rings. The van der Waals surface area contributed by atoms with Crippen molar-refractivity contribution in [2.75, 3.05) is 12.4 Å². The van der Waals surface area contributed by atoms with Crippen LogP contribution in [0.2, 0.25) is 5.02 Å². The van der Waals surface area contributed by atoms with Gasteiger partial charge in [0, 0.05) is 17.9 Å². The van der Waals surface area contributed by atoms with Gasteiger partial charge in [-0.2, -0.15) is 0 Å². The topological polar surface area (TPSA) is 81.2 Å². The van der Waals surface area contributed by atoms with Crippen LogP contribution in [0.15, 0.2) is 18.2 Å². The fourth-order valence-corrected chi connectivity index (χ4v) is 2.76. The highest BCUT2D eigenvalue weighted by Gasteiger charge is 2.15. The van der Waals surface area contributed by atoms with Gasteiger partial charge in [0.25, 0.3) is 0 Å². The molecule has 1 aromatic heterocycles. The number of aromatic nitrogens is 2. The highest BCUT2D eigenvalue weighted by molar-refractivity contribution is 7.15. The maximum absolute atomic E-state index is 12.2. The Morgan fingerprint density at radius 2 is 2.09 bits per heavy atom. The zero-order valence-corrected chi connectivity index (χ0v) is 14.3. The molecule has 1 N–H and O–H groups in total. The first-order valence-electron chi connectivity index (χ1n) is 7.02. The Hall–Kier alpha value is -1.99. The van der Waals surface area contributed by atoms with E-state index in [1.54, 1.807) is 18.2 Å². The van der Waals surface area contributed by atoms with Crippen molar-refractivity contribution in [1.29, 1.82) is 0 Å². The summed E-state index contributed by atoms with van der Waals surface area (Å²) in [4.78, 5) is 24.1. The maximum Gasteiger partial charge on any atom is 0.226 e. The first-order valence-corrected chi connectivity index (χ1v) is 8.22. The molecular weight excluding hydrogens is 338 g/mol. The molecule has 0 unspecified atom stereocenters. The van der Waals surface area contributed by atoms with Gasteiger partial charge < -0.3 is 10.1 Å². The summed E-state index contributed by atoms with van der Waals surface area (Å²) in [6, 6.07) is 4.81. The summed E-state index contributed by atoms with van der Waals surface area (Å²) >= 11 is 7.23. The number of amides is 1. The number of ketones is 1. The molecule has 122 valence electrons. The standard InChI is InChI=1S/C15H16ClN3O3S/c1-3-14-18-19-15(23-14)17-13(21)7-5-11(20)10-8-9(16)4-6-12(10)22-2/h4,6,8H,3,5,7H2,1-2H3,(H,17,19,21). The molecule has 2 rings (SSSR count). The third-order valence-electron chi connectivity index (χ3n) is 3.06. The van der Waals surface area contributed by atoms with Crippen molar-refractivity contribution < 1.29 is 14.3 Å². The molecule has 8 heteroatoms. The fourth-order valence-electron chi connectivity index (χ4n) is 1.89. The number of halogens is 1. The van der Waals surface area contributed by atoms with Crippen molar-refractivity contribution in [2.45, 2.75) is 26.2 Å². The highest BCUT2D eigenvalue weighted by atomic mass is 35.5. The largest absolute Gasteiger partial charge is 0.496 e. The zero-order valence-electron chi connectivity index (χ0n) is 12.8. The number of hydrogen-bond acceptors (Lipinski definition) is 6. The first-order chi connectivity index (χ1) is 11.0. The quantitative estimate of drug-likeness (QED) is 0.772. The Bertz CT molecular complexity index is 718. The lowest BCUT2D eigenvalue weighted by molar-refractivity contribution is -0.116. The number of nitrogens with zero attached hydrogens (tertiary/aromatic N) is 2. The van der Waals surface area contributed by atoms with E-state index in [9.17, 15) is 9.59 Å². The van der Waals surface area contributed by atoms with Gasteiger partial charge in [-0.25, -0.2) is 0 Å². The fraction of sp³-hybridized carbons (Fsp3) is 0.333. The SMILES string of the molecule is CCc1nnc(NC(=O)CCC(=O)c2cc(Cl)ccc2OC)s1. The van der Waals surface area contributed by atoms with Crippen LogP contribution in [0.4, 0.5) is 5.13 Å². The summed E-state index contributed by atoms with van der Waals surface area (Å²) < 4.78 is 5.14. The summed E-state index contributed by atoms with van der Waals surface area (Å²) in [5, 5.41) is 12.2. The van der Waals surface area contributed by atoms with Crippen molar-refractivity contribution in [3.05, 3.63) is 33.8 Å². The second-order valence-corrected chi connectivity index (χ2v) is 6.17. The third kappa shape index (κ3) is 4.74. The van der Waals surface area contributed by atoms with E-state index < -0.39 is 0 Å². The smallest absolute Gasteiger partial charge is 0.226 e. The molecule has 1 aromatic carbocycles. The molecule has 0 saturated carbocycles. The molecule has 0 atom stereocenters. The monoisotopic (exact) mass is 353 g/mol. The summed E-state index contributed by atoms with van der Waals surface area (Å²) in [6.07, 6.45) is 0.873. The van der Waals surface area contributed by atoms with E-state index in [1.165, 1.54) is 18.4 Å². The molecule has 0 saturated heterocycles. The predicted octanol–water partition coefficient (Wildman–Crippen LogP) is 3.36. The summed E-state index contributed by atoms with van der Waals surface area (Å²) in [5.41, 5.74) is 0.372. The molecule has 2 aromatic rings. The molecule has 1 heterocycles. The molecule has 0 aliphatic heterocycles. The van der Waals surface area contributed by atoms with Gasteiger partial charge in [-0.1, -0.05) is 29.9 Å². The van der Waals surface area contributed by atoms with Crippen molar-refractivity contribution in [3.63, 3.8) is 0 Å². The average molecular weight is 354 g/mol. The van der Waals surface area contributed by atoms with Crippen LogP contribution in [0, 0.1) is 0 Å². The van der Waals surface area contributed by atoms with Gasteiger partial charge in [0.05, 0.1) is 12.7 Å². The minimum absolute atomic E-state index is 0.0511. The van der Waals surface area contributed by atoms with Crippen LogP contribution < -0.4 is 10.1 Å². The van der Waals surface area contributed by atoms with Crippen LogP contribution in [-0.2, 0) is 11.2 Å². The van der Waals surface area contributed by atoms with Crippen molar-refractivity contribution in [2.24, 2.45) is 0 Å². The molecular formula is C15H16ClN3O3S. The summed E-state index contributed by atoms with van der Waals surface area (Å²) in [7, 11) is 1.48. The van der Waals surface area contributed by atoms with Gasteiger partial charge in [0.1, 0.15) is 10.8 Å². The second kappa shape index (κ2) is 8.03. The number of hydrogen-bond donors (Lipinski definition) is 1. The number of ether oxygens (including phenoxy) is 1. The Morgan fingerprint density at radius 1 is 1.30 bits per heavy atom. The molecule has 0 spiro atoms. The average Bonchev–Trinajstić information content (AvgIpc) is 3.00. The van der Waals surface area contributed by atoms with Crippen LogP contribution in [-0.4, -0.2) is 29.0 Å². The molecule has 0 aliphatic carbocycles. The number of Topliss-reactive ketones (excluding diaryl/α,β-unsaturated/α-hetero) is 1. The van der Waals surface area contributed by atoms with Crippen LogP contribution >= 0.6 is 22.9 Å². The maximum atomic E-state index is 12.2. The molecule has 1 amide bonds. The zero-order chi connectivity index (χ0) is 16.8. The van der Waals surface area contributed by atoms with E-state index in [0.29, 0.717) is 21.5 Å². The second-order valence-electron chi connectivity index (χ2n) is 4.67. The Kier molecular flexibility index (Phi) is 6.06. The van der Waals surface area contributed by atoms with E-state index in [0.717, 1.165) is 11.4 Å². The normalized spacial score (nSPS) is 10.4. The predicted molar refractivity (Wildman–Crippen MR) is 89.5 cm³/mol. The van der Waals surface area contributed by atoms with Gasteiger partial charge in [0.15, 0.2) is 5.78 Å². The Balaban J connectivity index is 1.93. The lowest BCUT2D eigenvalue weighted by atomic mass is 10.1. The van der Waals surface area contributed by atoms with Gasteiger partial charge in [0.2, 0.25) is 11.0 Å². The van der Waals surface area contributed by atoms with Gasteiger partial charge in [-0.3, -0.25) is 9.59 Å². The lowest BCUT2D eigenvalue weighted by Crippen LogP contribution is -2.13. The summed E-state index contributed by atoms with van der Waals surface area (Å²) in [5.74, 6) is -0.0410. The van der Waals surface area contributed by atoms with Crippen LogP contribution in [0.3, 0.4) is 0 Å².